The summed E-state index contributed by atoms with van der Waals surface area (Å²) in [6, 6.07) is 0.245. The maximum atomic E-state index is 9.33. The van der Waals surface area contributed by atoms with Crippen LogP contribution in [0.2, 0.25) is 0 Å². The van der Waals surface area contributed by atoms with Crippen molar-refractivity contribution in [1.82, 2.24) is 9.80 Å². The van der Waals surface area contributed by atoms with Gasteiger partial charge < -0.3 is 20.4 Å². The van der Waals surface area contributed by atoms with Crippen molar-refractivity contribution < 1.29 is 20.4 Å². The summed E-state index contributed by atoms with van der Waals surface area (Å²) in [5.74, 6) is 0. The third-order valence-electron chi connectivity index (χ3n) is 6.90. The van der Waals surface area contributed by atoms with Crippen molar-refractivity contribution in [2.45, 2.75) is 73.8 Å². The molecule has 1 fully saturated rings. The Hall–Kier alpha value is -0.900. The molecule has 0 heterocycles. The van der Waals surface area contributed by atoms with Crippen LogP contribution in [0, 0.1) is 21.7 Å². The van der Waals surface area contributed by atoms with Crippen molar-refractivity contribution in [1.29, 1.82) is 0 Å². The van der Waals surface area contributed by atoms with E-state index in [0.29, 0.717) is 26.2 Å². The van der Waals surface area contributed by atoms with Gasteiger partial charge in [-0.2, -0.15) is 0 Å². The number of hydrogen-bond donors (Lipinski definition) is 4. The number of rotatable bonds is 17. The Morgan fingerprint density at radius 2 is 1.19 bits per heavy atom. The van der Waals surface area contributed by atoms with Gasteiger partial charge >= 0.3 is 0 Å². The SMILES string of the molecule is CC(C)(C=NCC1(C)CC(N=CC(C)(C)CN(CCO)CCO)CC(C)(C)C1)CN(CCO)CCO. The molecule has 4 N–H and O–H groups in total. The molecule has 8 heteroatoms. The molecule has 0 aromatic carbocycles. The van der Waals surface area contributed by atoms with Gasteiger partial charge in [-0.3, -0.25) is 19.8 Å². The summed E-state index contributed by atoms with van der Waals surface area (Å²) in [5, 5.41) is 37.3. The van der Waals surface area contributed by atoms with E-state index in [4.69, 9.17) is 9.98 Å². The number of aliphatic hydroxyl groups excluding tert-OH is 4. The maximum absolute atomic E-state index is 9.33. The van der Waals surface area contributed by atoms with Crippen LogP contribution in [0.4, 0.5) is 0 Å². The van der Waals surface area contributed by atoms with Gasteiger partial charge in [0.15, 0.2) is 0 Å². The first-order chi connectivity index (χ1) is 16.7. The van der Waals surface area contributed by atoms with Gasteiger partial charge in [0.05, 0.1) is 32.5 Å². The number of nitrogens with zero attached hydrogens (tertiary/aromatic N) is 4. The molecule has 212 valence electrons. The number of hydrogen-bond acceptors (Lipinski definition) is 8. The fourth-order valence-corrected chi connectivity index (χ4v) is 5.96. The van der Waals surface area contributed by atoms with Gasteiger partial charge in [0.2, 0.25) is 0 Å². The highest BCUT2D eigenvalue weighted by Crippen LogP contribution is 2.47. The summed E-state index contributed by atoms with van der Waals surface area (Å²) in [6.45, 7) is 20.4. The third kappa shape index (κ3) is 13.1. The molecule has 1 aliphatic carbocycles. The van der Waals surface area contributed by atoms with Gasteiger partial charge in [0.1, 0.15) is 0 Å². The van der Waals surface area contributed by atoms with Crippen molar-refractivity contribution in [2.75, 3.05) is 72.2 Å². The molecule has 8 nitrogen and oxygen atoms in total. The van der Waals surface area contributed by atoms with Crippen LogP contribution in [0.5, 0.6) is 0 Å². The van der Waals surface area contributed by atoms with Gasteiger partial charge in [-0.15, -0.1) is 0 Å². The first-order valence-electron chi connectivity index (χ1n) is 13.6. The quantitative estimate of drug-likeness (QED) is 0.223. The molecule has 1 saturated carbocycles. The highest BCUT2D eigenvalue weighted by molar-refractivity contribution is 5.65. The van der Waals surface area contributed by atoms with E-state index >= 15 is 0 Å². The molecule has 0 amide bonds. The molecule has 0 aromatic rings. The van der Waals surface area contributed by atoms with Crippen LogP contribution >= 0.6 is 0 Å². The van der Waals surface area contributed by atoms with Crippen molar-refractivity contribution in [2.24, 2.45) is 31.6 Å². The molecule has 1 rings (SSSR count). The Labute approximate surface area is 220 Å². The zero-order valence-corrected chi connectivity index (χ0v) is 24.2. The van der Waals surface area contributed by atoms with E-state index in [9.17, 15) is 20.4 Å². The molecule has 0 aromatic heterocycles. The summed E-state index contributed by atoms with van der Waals surface area (Å²) < 4.78 is 0. The van der Waals surface area contributed by atoms with Gasteiger partial charge in [0, 0.05) is 69.1 Å². The van der Waals surface area contributed by atoms with Crippen molar-refractivity contribution in [3.8, 4) is 0 Å². The molecule has 0 saturated heterocycles. The molecule has 36 heavy (non-hydrogen) atoms. The minimum absolute atomic E-state index is 0.0657. The largest absolute Gasteiger partial charge is 0.395 e. The van der Waals surface area contributed by atoms with Crippen LogP contribution in [0.25, 0.3) is 0 Å². The second kappa shape index (κ2) is 14.9. The van der Waals surface area contributed by atoms with Crippen LogP contribution in [-0.2, 0) is 0 Å². The van der Waals surface area contributed by atoms with Gasteiger partial charge in [0.25, 0.3) is 0 Å². The van der Waals surface area contributed by atoms with Crippen LogP contribution in [0.1, 0.15) is 67.7 Å². The molecule has 0 spiro atoms. The molecular weight excluding hydrogens is 456 g/mol. The van der Waals surface area contributed by atoms with Crippen molar-refractivity contribution in [3.05, 3.63) is 0 Å². The first kappa shape index (κ1) is 33.1. The lowest BCUT2D eigenvalue weighted by molar-refractivity contribution is 0.0909. The molecule has 0 radical (unpaired) electrons. The van der Waals surface area contributed by atoms with E-state index in [0.717, 1.165) is 38.9 Å². The molecular formula is C28H56N4O4. The summed E-state index contributed by atoms with van der Waals surface area (Å²) in [6.07, 6.45) is 7.30. The second-order valence-corrected chi connectivity index (χ2v) is 13.4. The minimum atomic E-state index is -0.153. The van der Waals surface area contributed by atoms with E-state index in [1.807, 2.05) is 0 Å². The Morgan fingerprint density at radius 1 is 0.750 bits per heavy atom. The smallest absolute Gasteiger partial charge is 0.0558 e. The predicted octanol–water partition coefficient (Wildman–Crippen LogP) is 2.34. The summed E-state index contributed by atoms with van der Waals surface area (Å²) in [7, 11) is 0. The lowest BCUT2D eigenvalue weighted by Crippen LogP contribution is -2.41. The van der Waals surface area contributed by atoms with Crippen LogP contribution in [-0.4, -0.2) is 121 Å². The van der Waals surface area contributed by atoms with E-state index in [2.05, 4.69) is 70.7 Å². The predicted molar refractivity (Wildman–Crippen MR) is 150 cm³/mol. The van der Waals surface area contributed by atoms with E-state index < -0.39 is 0 Å². The summed E-state index contributed by atoms with van der Waals surface area (Å²) >= 11 is 0. The first-order valence-corrected chi connectivity index (χ1v) is 13.6. The standard InChI is InChI=1S/C28H56N4O4/c1-25(2)16-24(30-20-27(5,6)23-32(10-14-35)11-15-36)17-28(7,18-25)21-29-19-26(3,4)22-31(8-12-33)9-13-34/h19-20,24,33-36H,8-18,21-23H2,1-7H3. The van der Waals surface area contributed by atoms with Crippen LogP contribution in [0.3, 0.4) is 0 Å². The highest BCUT2D eigenvalue weighted by Gasteiger charge is 2.41. The number of aliphatic imine (C=N–C) groups is 2. The average molecular weight is 513 g/mol. The Morgan fingerprint density at radius 3 is 1.64 bits per heavy atom. The molecule has 2 unspecified atom stereocenters. The molecule has 1 aliphatic rings. The second-order valence-electron chi connectivity index (χ2n) is 13.4. The zero-order valence-electron chi connectivity index (χ0n) is 24.2. The maximum Gasteiger partial charge on any atom is 0.0558 e. The third-order valence-corrected chi connectivity index (χ3v) is 6.90. The number of aliphatic hydroxyl groups is 4. The normalized spacial score (nSPS) is 23.5. The fraction of sp³-hybridized carbons (Fsp3) is 0.929. The van der Waals surface area contributed by atoms with Gasteiger partial charge in [-0.05, 0) is 30.1 Å². The van der Waals surface area contributed by atoms with Gasteiger partial charge in [-0.25, -0.2) is 0 Å². The van der Waals surface area contributed by atoms with Crippen LogP contribution in [0.15, 0.2) is 9.98 Å². The Balaban J connectivity index is 2.86. The minimum Gasteiger partial charge on any atom is -0.395 e. The van der Waals surface area contributed by atoms with E-state index in [1.54, 1.807) is 0 Å². The van der Waals surface area contributed by atoms with Crippen LogP contribution < -0.4 is 0 Å². The monoisotopic (exact) mass is 512 g/mol. The van der Waals surface area contributed by atoms with Gasteiger partial charge in [-0.1, -0.05) is 48.5 Å². The van der Waals surface area contributed by atoms with Crippen molar-refractivity contribution in [3.63, 3.8) is 0 Å². The molecule has 2 atom stereocenters. The molecule has 0 aliphatic heterocycles. The topological polar surface area (TPSA) is 112 Å². The zero-order chi connectivity index (χ0) is 27.5. The summed E-state index contributed by atoms with van der Waals surface area (Å²) in [5.41, 5.74) is -0.0553. The molecule has 0 bridgehead atoms. The Kier molecular flexibility index (Phi) is 13.7. The van der Waals surface area contributed by atoms with E-state index in [-0.39, 0.29) is 54.1 Å². The fourth-order valence-electron chi connectivity index (χ4n) is 5.96. The average Bonchev–Trinajstić information content (AvgIpc) is 2.71. The van der Waals surface area contributed by atoms with Crippen molar-refractivity contribution >= 4 is 12.4 Å². The lowest BCUT2D eigenvalue weighted by Gasteiger charge is -2.45. The highest BCUT2D eigenvalue weighted by atomic mass is 16.3. The van der Waals surface area contributed by atoms with E-state index in [1.165, 1.54) is 0 Å². The Bertz CT molecular complexity index is 668. The lowest BCUT2D eigenvalue weighted by atomic mass is 9.62. The summed E-state index contributed by atoms with van der Waals surface area (Å²) in [4.78, 5) is 14.2.